The summed E-state index contributed by atoms with van der Waals surface area (Å²) in [7, 11) is 1.84. The molecule has 4 rings (SSSR count). The Morgan fingerprint density at radius 2 is 2.04 bits per heavy atom. The SMILES string of the molecule is Cn1c2ccc(F)cc2c2nnc(NC(=O)C3CCCCC3)nc21. The number of hydrogen-bond acceptors (Lipinski definition) is 4. The van der Waals surface area contributed by atoms with Crippen molar-refractivity contribution in [2.45, 2.75) is 32.1 Å². The average molecular weight is 327 g/mol. The number of hydrogen-bond donors (Lipinski definition) is 1. The monoisotopic (exact) mass is 327 g/mol. The number of nitrogens with one attached hydrogen (secondary N) is 1. The highest BCUT2D eigenvalue weighted by atomic mass is 19.1. The summed E-state index contributed by atoms with van der Waals surface area (Å²) in [6, 6.07) is 4.52. The fraction of sp³-hybridized carbons (Fsp3) is 0.412. The molecule has 1 amide bonds. The molecule has 2 heterocycles. The molecule has 0 bridgehead atoms. The Kier molecular flexibility index (Phi) is 3.63. The number of nitrogens with zero attached hydrogens (tertiary/aromatic N) is 4. The Labute approximate surface area is 138 Å². The minimum Gasteiger partial charge on any atom is -0.327 e. The second-order valence-electron chi connectivity index (χ2n) is 6.35. The Balaban J connectivity index is 1.69. The number of anilines is 1. The second kappa shape index (κ2) is 5.81. The van der Waals surface area contributed by atoms with Gasteiger partial charge in [-0.3, -0.25) is 10.1 Å². The van der Waals surface area contributed by atoms with Crippen LogP contribution in [0.2, 0.25) is 0 Å². The molecule has 1 aromatic carbocycles. The fourth-order valence-corrected chi connectivity index (χ4v) is 3.46. The van der Waals surface area contributed by atoms with Crippen LogP contribution in [0.3, 0.4) is 0 Å². The Bertz CT molecular complexity index is 930. The number of rotatable bonds is 2. The van der Waals surface area contributed by atoms with Gasteiger partial charge in [0.05, 0.1) is 5.52 Å². The molecule has 1 fully saturated rings. The van der Waals surface area contributed by atoms with Crippen LogP contribution in [0.25, 0.3) is 22.1 Å². The van der Waals surface area contributed by atoms with Crippen LogP contribution in [0.4, 0.5) is 10.3 Å². The lowest BCUT2D eigenvalue weighted by Crippen LogP contribution is -2.25. The van der Waals surface area contributed by atoms with Crippen LogP contribution in [-0.4, -0.2) is 25.7 Å². The lowest BCUT2D eigenvalue weighted by atomic mass is 9.89. The number of benzene rings is 1. The fourth-order valence-electron chi connectivity index (χ4n) is 3.46. The van der Waals surface area contributed by atoms with Gasteiger partial charge in [-0.25, -0.2) is 4.39 Å². The summed E-state index contributed by atoms with van der Waals surface area (Å²) in [6.07, 6.45) is 5.19. The third kappa shape index (κ3) is 2.50. The second-order valence-corrected chi connectivity index (χ2v) is 6.35. The first-order valence-electron chi connectivity index (χ1n) is 8.23. The zero-order valence-corrected chi connectivity index (χ0v) is 13.4. The average Bonchev–Trinajstić information content (AvgIpc) is 2.87. The van der Waals surface area contributed by atoms with E-state index in [-0.39, 0.29) is 23.6 Å². The van der Waals surface area contributed by atoms with Crippen molar-refractivity contribution in [2.75, 3.05) is 5.32 Å². The molecule has 0 radical (unpaired) electrons. The number of aromatic nitrogens is 4. The number of amides is 1. The number of fused-ring (bicyclic) bond motifs is 3. The third-order valence-corrected chi connectivity index (χ3v) is 4.77. The summed E-state index contributed by atoms with van der Waals surface area (Å²) in [6.45, 7) is 0. The van der Waals surface area contributed by atoms with Crippen molar-refractivity contribution in [2.24, 2.45) is 13.0 Å². The van der Waals surface area contributed by atoms with Crippen LogP contribution in [-0.2, 0) is 11.8 Å². The van der Waals surface area contributed by atoms with Gasteiger partial charge in [0, 0.05) is 18.4 Å². The number of halogens is 1. The summed E-state index contributed by atoms with van der Waals surface area (Å²) in [5.41, 5.74) is 1.93. The van der Waals surface area contributed by atoms with E-state index in [9.17, 15) is 9.18 Å². The van der Waals surface area contributed by atoms with Gasteiger partial charge >= 0.3 is 0 Å². The molecule has 1 aliphatic carbocycles. The van der Waals surface area contributed by atoms with Gasteiger partial charge in [-0.2, -0.15) is 4.98 Å². The summed E-state index contributed by atoms with van der Waals surface area (Å²) in [4.78, 5) is 16.7. The zero-order chi connectivity index (χ0) is 16.7. The van der Waals surface area contributed by atoms with E-state index < -0.39 is 0 Å². The van der Waals surface area contributed by atoms with Crippen LogP contribution in [0, 0.1) is 11.7 Å². The minimum absolute atomic E-state index is 0.0274. The Hall–Kier alpha value is -2.57. The first-order valence-corrected chi connectivity index (χ1v) is 8.23. The molecule has 3 aromatic rings. The highest BCUT2D eigenvalue weighted by Crippen LogP contribution is 2.27. The maximum absolute atomic E-state index is 13.5. The van der Waals surface area contributed by atoms with Gasteiger partial charge in [-0.1, -0.05) is 19.3 Å². The van der Waals surface area contributed by atoms with Gasteiger partial charge in [-0.15, -0.1) is 10.2 Å². The topological polar surface area (TPSA) is 72.7 Å². The summed E-state index contributed by atoms with van der Waals surface area (Å²) in [5.74, 6) is -0.142. The van der Waals surface area contributed by atoms with Crippen molar-refractivity contribution < 1.29 is 9.18 Å². The van der Waals surface area contributed by atoms with Crippen molar-refractivity contribution in [1.29, 1.82) is 0 Å². The molecular formula is C17H18FN5O. The summed E-state index contributed by atoms with van der Waals surface area (Å²) in [5, 5.41) is 11.6. The molecule has 1 saturated carbocycles. The Morgan fingerprint density at radius 3 is 2.83 bits per heavy atom. The standard InChI is InChI=1S/C17H18FN5O/c1-23-13-8-7-11(18)9-12(13)14-15(23)19-17(22-21-14)20-16(24)10-5-3-2-4-6-10/h7-10H,2-6H2,1H3,(H,19,20,22,24). The van der Waals surface area contributed by atoms with Gasteiger partial charge in [0.15, 0.2) is 5.65 Å². The highest BCUT2D eigenvalue weighted by molar-refractivity contribution is 6.04. The van der Waals surface area contributed by atoms with E-state index in [1.807, 2.05) is 11.6 Å². The molecule has 0 saturated heterocycles. The van der Waals surface area contributed by atoms with E-state index in [0.717, 1.165) is 31.2 Å². The van der Waals surface area contributed by atoms with Crippen molar-refractivity contribution in [1.82, 2.24) is 19.7 Å². The predicted molar refractivity (Wildman–Crippen MR) is 89.0 cm³/mol. The van der Waals surface area contributed by atoms with E-state index in [1.54, 1.807) is 6.07 Å². The molecule has 0 aliphatic heterocycles. The van der Waals surface area contributed by atoms with Gasteiger partial charge in [0.25, 0.3) is 5.95 Å². The maximum atomic E-state index is 13.5. The van der Waals surface area contributed by atoms with Gasteiger partial charge in [0.1, 0.15) is 11.3 Å². The molecule has 1 aliphatic rings. The third-order valence-electron chi connectivity index (χ3n) is 4.77. The number of carbonyl (C=O) groups is 1. The molecule has 1 N–H and O–H groups in total. The van der Waals surface area contributed by atoms with E-state index in [2.05, 4.69) is 20.5 Å². The zero-order valence-electron chi connectivity index (χ0n) is 13.4. The molecular weight excluding hydrogens is 309 g/mol. The highest BCUT2D eigenvalue weighted by Gasteiger charge is 2.22. The first-order chi connectivity index (χ1) is 11.6. The normalized spacial score (nSPS) is 15.9. The lowest BCUT2D eigenvalue weighted by molar-refractivity contribution is -0.120. The number of aryl methyl sites for hydroxylation is 1. The van der Waals surface area contributed by atoms with Gasteiger partial charge in [-0.05, 0) is 31.0 Å². The van der Waals surface area contributed by atoms with Crippen LogP contribution >= 0.6 is 0 Å². The van der Waals surface area contributed by atoms with E-state index in [4.69, 9.17) is 0 Å². The maximum Gasteiger partial charge on any atom is 0.251 e. The van der Waals surface area contributed by atoms with Crippen LogP contribution in [0.5, 0.6) is 0 Å². The van der Waals surface area contributed by atoms with Crippen LogP contribution in [0.1, 0.15) is 32.1 Å². The molecule has 7 heteroatoms. The number of carbonyl (C=O) groups excluding carboxylic acids is 1. The van der Waals surface area contributed by atoms with Gasteiger partial charge < -0.3 is 4.57 Å². The summed E-state index contributed by atoms with van der Waals surface area (Å²) < 4.78 is 15.3. The quantitative estimate of drug-likeness (QED) is 0.784. The molecule has 6 nitrogen and oxygen atoms in total. The van der Waals surface area contributed by atoms with Crippen molar-refractivity contribution in [3.05, 3.63) is 24.0 Å². The smallest absolute Gasteiger partial charge is 0.251 e. The minimum atomic E-state index is -0.327. The molecule has 24 heavy (non-hydrogen) atoms. The van der Waals surface area contributed by atoms with Crippen LogP contribution < -0.4 is 5.32 Å². The first kappa shape index (κ1) is 15.0. The van der Waals surface area contributed by atoms with Crippen molar-refractivity contribution in [3.63, 3.8) is 0 Å². The molecule has 124 valence electrons. The summed E-state index contributed by atoms with van der Waals surface area (Å²) >= 11 is 0. The van der Waals surface area contributed by atoms with Crippen LogP contribution in [0.15, 0.2) is 18.2 Å². The largest absolute Gasteiger partial charge is 0.327 e. The van der Waals surface area contributed by atoms with Gasteiger partial charge in [0.2, 0.25) is 5.91 Å². The molecule has 0 spiro atoms. The molecule has 0 atom stereocenters. The van der Waals surface area contributed by atoms with E-state index in [1.165, 1.54) is 18.6 Å². The lowest BCUT2D eigenvalue weighted by Gasteiger charge is -2.19. The van der Waals surface area contributed by atoms with E-state index in [0.29, 0.717) is 16.6 Å². The van der Waals surface area contributed by atoms with Crippen molar-refractivity contribution in [3.8, 4) is 0 Å². The molecule has 0 unspecified atom stereocenters. The van der Waals surface area contributed by atoms with Crippen molar-refractivity contribution >= 4 is 33.9 Å². The van der Waals surface area contributed by atoms with E-state index >= 15 is 0 Å². The molecule has 2 aromatic heterocycles. The Morgan fingerprint density at radius 1 is 1.25 bits per heavy atom. The predicted octanol–water partition coefficient (Wildman–Crippen LogP) is 3.17.